The van der Waals surface area contributed by atoms with E-state index in [2.05, 4.69) is 15.3 Å². The van der Waals surface area contributed by atoms with Crippen molar-refractivity contribution in [3.63, 3.8) is 0 Å². The molecule has 1 N–H and O–H groups in total. The molecule has 0 bridgehead atoms. The smallest absolute Gasteiger partial charge is 0.289 e. The summed E-state index contributed by atoms with van der Waals surface area (Å²) >= 11 is 0. The summed E-state index contributed by atoms with van der Waals surface area (Å²) in [4.78, 5) is 34.5. The Hall–Kier alpha value is -3.75. The maximum atomic E-state index is 12.6. The zero-order valence-electron chi connectivity index (χ0n) is 16.2. The van der Waals surface area contributed by atoms with Crippen molar-refractivity contribution in [2.24, 2.45) is 0 Å². The predicted molar refractivity (Wildman–Crippen MR) is 108 cm³/mol. The molecule has 4 heterocycles. The van der Waals surface area contributed by atoms with E-state index >= 15 is 0 Å². The lowest BCUT2D eigenvalue weighted by Crippen LogP contribution is -2.39. The summed E-state index contributed by atoms with van der Waals surface area (Å²) in [7, 11) is 0. The highest BCUT2D eigenvalue weighted by Gasteiger charge is 2.29. The van der Waals surface area contributed by atoms with E-state index in [-0.39, 0.29) is 22.9 Å². The summed E-state index contributed by atoms with van der Waals surface area (Å²) in [5.41, 5.74) is 1.39. The van der Waals surface area contributed by atoms with Gasteiger partial charge in [0.2, 0.25) is 0 Å². The highest BCUT2D eigenvalue weighted by molar-refractivity contribution is 5.91. The van der Waals surface area contributed by atoms with Gasteiger partial charge in [-0.25, -0.2) is 9.67 Å². The number of nitrogens with zero attached hydrogens (tertiary/aromatic N) is 5. The van der Waals surface area contributed by atoms with E-state index in [1.165, 1.54) is 6.26 Å². The SMILES string of the molecule is O=C(c1ccco1)N1CCC[C@H](c2nc3c(nnn3Cc3ccccc3)c(=O)[nH]2)C1. The molecule has 1 aliphatic heterocycles. The van der Waals surface area contributed by atoms with Crippen molar-refractivity contribution in [2.45, 2.75) is 25.3 Å². The Morgan fingerprint density at radius 1 is 1.20 bits per heavy atom. The summed E-state index contributed by atoms with van der Waals surface area (Å²) in [5, 5.41) is 8.13. The van der Waals surface area contributed by atoms with Gasteiger partial charge in [-0.1, -0.05) is 35.5 Å². The number of piperidine rings is 1. The van der Waals surface area contributed by atoms with Gasteiger partial charge in [-0.15, -0.1) is 5.10 Å². The number of amides is 1. The second-order valence-corrected chi connectivity index (χ2v) is 7.42. The van der Waals surface area contributed by atoms with E-state index in [1.54, 1.807) is 21.7 Å². The van der Waals surface area contributed by atoms with Gasteiger partial charge in [-0.2, -0.15) is 0 Å². The van der Waals surface area contributed by atoms with Crippen molar-refractivity contribution in [3.8, 4) is 0 Å². The van der Waals surface area contributed by atoms with Crippen molar-refractivity contribution < 1.29 is 9.21 Å². The number of H-pyrrole nitrogens is 1. The highest BCUT2D eigenvalue weighted by Crippen LogP contribution is 2.26. The van der Waals surface area contributed by atoms with Crippen LogP contribution in [-0.4, -0.2) is 48.9 Å². The number of aromatic amines is 1. The van der Waals surface area contributed by atoms with Crippen LogP contribution in [-0.2, 0) is 6.54 Å². The lowest BCUT2D eigenvalue weighted by Gasteiger charge is -2.31. The third-order valence-corrected chi connectivity index (χ3v) is 5.39. The normalized spacial score (nSPS) is 16.8. The molecule has 1 aliphatic rings. The Bertz CT molecular complexity index is 1230. The summed E-state index contributed by atoms with van der Waals surface area (Å²) in [6, 6.07) is 13.2. The number of fused-ring (bicyclic) bond motifs is 1. The number of carbonyl (C=O) groups is 1. The molecule has 5 rings (SSSR count). The van der Waals surface area contributed by atoms with Crippen molar-refractivity contribution >= 4 is 17.1 Å². The molecule has 3 aromatic heterocycles. The minimum absolute atomic E-state index is 0.0742. The van der Waals surface area contributed by atoms with E-state index in [0.29, 0.717) is 36.9 Å². The summed E-state index contributed by atoms with van der Waals surface area (Å²) in [6.07, 6.45) is 3.14. The maximum absolute atomic E-state index is 12.6. The molecule has 4 aromatic rings. The van der Waals surface area contributed by atoms with Crippen LogP contribution in [0.1, 0.15) is 40.7 Å². The zero-order chi connectivity index (χ0) is 20.5. The minimum Gasteiger partial charge on any atom is -0.459 e. The van der Waals surface area contributed by atoms with Gasteiger partial charge in [0.15, 0.2) is 16.9 Å². The number of rotatable bonds is 4. The van der Waals surface area contributed by atoms with Crippen LogP contribution >= 0.6 is 0 Å². The molecule has 0 aliphatic carbocycles. The van der Waals surface area contributed by atoms with Crippen LogP contribution in [0.25, 0.3) is 11.2 Å². The summed E-state index contributed by atoms with van der Waals surface area (Å²) in [5.74, 6) is 0.650. The molecule has 1 aromatic carbocycles. The molecule has 152 valence electrons. The fourth-order valence-corrected chi connectivity index (χ4v) is 3.88. The van der Waals surface area contributed by atoms with Gasteiger partial charge in [0, 0.05) is 19.0 Å². The van der Waals surface area contributed by atoms with Crippen LogP contribution in [0.3, 0.4) is 0 Å². The van der Waals surface area contributed by atoms with E-state index in [9.17, 15) is 9.59 Å². The standard InChI is InChI=1S/C21H20N6O3/c28-20-17-19(27(25-24-17)12-14-6-2-1-3-7-14)22-18(23-20)15-8-4-10-26(13-15)21(29)16-9-5-11-30-16/h1-3,5-7,9,11,15H,4,8,10,12-13H2,(H,22,23,28)/t15-/m0/s1. The second kappa shape index (κ2) is 7.58. The quantitative estimate of drug-likeness (QED) is 0.558. The molecule has 0 unspecified atom stereocenters. The van der Waals surface area contributed by atoms with Gasteiger partial charge < -0.3 is 14.3 Å². The maximum Gasteiger partial charge on any atom is 0.289 e. The Labute approximate surface area is 171 Å². The second-order valence-electron chi connectivity index (χ2n) is 7.42. The van der Waals surface area contributed by atoms with Gasteiger partial charge >= 0.3 is 0 Å². The number of hydrogen-bond acceptors (Lipinski definition) is 6. The molecule has 9 heteroatoms. The van der Waals surface area contributed by atoms with Gasteiger partial charge in [-0.05, 0) is 30.5 Å². The molecular formula is C21H20N6O3. The van der Waals surface area contributed by atoms with Crippen LogP contribution in [0.2, 0.25) is 0 Å². The molecule has 1 fully saturated rings. The number of hydrogen-bond donors (Lipinski definition) is 1. The Kier molecular flexibility index (Phi) is 4.62. The number of carbonyl (C=O) groups excluding carboxylic acids is 1. The monoisotopic (exact) mass is 404 g/mol. The third-order valence-electron chi connectivity index (χ3n) is 5.39. The molecule has 9 nitrogen and oxygen atoms in total. The minimum atomic E-state index is -0.316. The summed E-state index contributed by atoms with van der Waals surface area (Å²) < 4.78 is 6.88. The van der Waals surface area contributed by atoms with Crippen LogP contribution in [0.5, 0.6) is 0 Å². The van der Waals surface area contributed by atoms with Gasteiger partial charge in [0.1, 0.15) is 5.82 Å². The van der Waals surface area contributed by atoms with Crippen molar-refractivity contribution in [1.29, 1.82) is 0 Å². The molecule has 0 spiro atoms. The van der Waals surface area contributed by atoms with Crippen LogP contribution in [0.15, 0.2) is 57.9 Å². The van der Waals surface area contributed by atoms with Crippen LogP contribution < -0.4 is 5.56 Å². The first kappa shape index (κ1) is 18.3. The molecule has 1 amide bonds. The topological polar surface area (TPSA) is 110 Å². The van der Waals surface area contributed by atoms with E-state index < -0.39 is 0 Å². The zero-order valence-corrected chi connectivity index (χ0v) is 16.2. The molecular weight excluding hydrogens is 384 g/mol. The Morgan fingerprint density at radius 3 is 2.87 bits per heavy atom. The molecule has 0 radical (unpaired) electrons. The van der Waals surface area contributed by atoms with Gasteiger partial charge in [0.25, 0.3) is 11.5 Å². The van der Waals surface area contributed by atoms with Gasteiger partial charge in [0.05, 0.1) is 12.8 Å². The van der Waals surface area contributed by atoms with Gasteiger partial charge in [-0.3, -0.25) is 9.59 Å². The fraction of sp³-hybridized carbons (Fsp3) is 0.286. The van der Waals surface area contributed by atoms with E-state index in [0.717, 1.165) is 18.4 Å². The third kappa shape index (κ3) is 3.38. The Balaban J connectivity index is 1.44. The van der Waals surface area contributed by atoms with E-state index in [1.807, 2.05) is 30.3 Å². The average molecular weight is 404 g/mol. The van der Waals surface area contributed by atoms with Crippen molar-refractivity contribution in [2.75, 3.05) is 13.1 Å². The number of nitrogens with one attached hydrogen (secondary N) is 1. The predicted octanol–water partition coefficient (Wildman–Crippen LogP) is 2.18. The van der Waals surface area contributed by atoms with Crippen molar-refractivity contribution in [1.82, 2.24) is 29.9 Å². The van der Waals surface area contributed by atoms with Crippen molar-refractivity contribution in [3.05, 3.63) is 76.2 Å². The lowest BCUT2D eigenvalue weighted by molar-refractivity contribution is 0.0672. The molecule has 1 saturated heterocycles. The van der Waals surface area contributed by atoms with Crippen LogP contribution in [0.4, 0.5) is 0 Å². The Morgan fingerprint density at radius 2 is 2.07 bits per heavy atom. The highest BCUT2D eigenvalue weighted by atomic mass is 16.3. The number of likely N-dealkylation sites (tertiary alicyclic amines) is 1. The lowest BCUT2D eigenvalue weighted by atomic mass is 9.97. The number of furan rings is 1. The fourth-order valence-electron chi connectivity index (χ4n) is 3.88. The van der Waals surface area contributed by atoms with Crippen LogP contribution in [0, 0.1) is 0 Å². The molecule has 1 atom stereocenters. The van der Waals surface area contributed by atoms with E-state index in [4.69, 9.17) is 9.40 Å². The first-order chi connectivity index (χ1) is 14.7. The average Bonchev–Trinajstić information content (AvgIpc) is 3.45. The largest absolute Gasteiger partial charge is 0.459 e. The summed E-state index contributed by atoms with van der Waals surface area (Å²) in [6.45, 7) is 1.59. The molecule has 30 heavy (non-hydrogen) atoms. The number of aromatic nitrogens is 5. The first-order valence-corrected chi connectivity index (χ1v) is 9.89. The molecule has 0 saturated carbocycles. The number of benzene rings is 1. The first-order valence-electron chi connectivity index (χ1n) is 9.89.